The number of benzene rings is 1. The number of aliphatic hydroxyl groups excluding tert-OH is 1. The van der Waals surface area contributed by atoms with E-state index in [4.69, 9.17) is 5.11 Å². The average molecular weight is 163 g/mol. The van der Waals surface area contributed by atoms with Gasteiger partial charge in [0.25, 0.3) is 0 Å². The summed E-state index contributed by atoms with van der Waals surface area (Å²) >= 11 is 0. The number of aryl methyl sites for hydroxylation is 2. The molecule has 0 aliphatic carbocycles. The summed E-state index contributed by atoms with van der Waals surface area (Å²) in [6.07, 6.45) is 1.99. The van der Waals surface area contributed by atoms with Gasteiger partial charge in [0.15, 0.2) is 0 Å². The number of hydrogen-bond acceptors (Lipinski definition) is 1. The Bertz CT molecular complexity index is 253. The van der Waals surface area contributed by atoms with Crippen molar-refractivity contribution in [3.8, 4) is 0 Å². The second-order valence-electron chi connectivity index (χ2n) is 2.87. The highest BCUT2D eigenvalue weighted by molar-refractivity contribution is 5.35. The summed E-state index contributed by atoms with van der Waals surface area (Å²) < 4.78 is 0. The van der Waals surface area contributed by atoms with Gasteiger partial charge in [-0.2, -0.15) is 0 Å². The number of rotatable bonds is 3. The fraction of sp³-hybridized carbons (Fsp3) is 0.364. The first kappa shape index (κ1) is 9.27. The van der Waals surface area contributed by atoms with Crippen LogP contribution in [0.4, 0.5) is 0 Å². The molecule has 0 heterocycles. The van der Waals surface area contributed by atoms with Gasteiger partial charge in [0.2, 0.25) is 0 Å². The molecule has 0 aliphatic rings. The van der Waals surface area contributed by atoms with Crippen LogP contribution in [0.3, 0.4) is 0 Å². The minimum atomic E-state index is 0.955. The Morgan fingerprint density at radius 2 is 2.00 bits per heavy atom. The molecule has 0 saturated carbocycles. The Labute approximate surface area is 74.1 Å². The Morgan fingerprint density at radius 3 is 2.50 bits per heavy atom. The average Bonchev–Trinajstić information content (AvgIpc) is 2.16. The quantitative estimate of drug-likeness (QED) is 0.726. The van der Waals surface area contributed by atoms with Gasteiger partial charge >= 0.3 is 0 Å². The van der Waals surface area contributed by atoms with E-state index in [2.05, 4.69) is 26.0 Å². The number of aliphatic hydroxyl groups is 1. The van der Waals surface area contributed by atoms with E-state index in [0.717, 1.165) is 18.4 Å². The van der Waals surface area contributed by atoms with E-state index in [0.29, 0.717) is 0 Å². The fourth-order valence-electron chi connectivity index (χ4n) is 1.31. The Hall–Kier alpha value is -0.820. The van der Waals surface area contributed by atoms with Gasteiger partial charge in [0, 0.05) is 0 Å². The largest absolute Gasteiger partial charge is 0.385 e. The first-order valence-electron chi connectivity index (χ1n) is 4.41. The smallest absolute Gasteiger partial charge is 0.109 e. The molecule has 0 aromatic heterocycles. The Morgan fingerprint density at radius 1 is 1.25 bits per heavy atom. The highest BCUT2D eigenvalue weighted by atomic mass is 16.3. The zero-order valence-electron chi connectivity index (χ0n) is 7.67. The Balaban J connectivity index is 3.02. The molecule has 0 atom stereocenters. The van der Waals surface area contributed by atoms with Crippen molar-refractivity contribution in [2.75, 3.05) is 0 Å². The highest BCUT2D eigenvalue weighted by Crippen LogP contribution is 2.14. The van der Waals surface area contributed by atoms with Crippen molar-refractivity contribution in [1.29, 1.82) is 0 Å². The molecule has 1 aromatic carbocycles. The highest BCUT2D eigenvalue weighted by Gasteiger charge is 2.00. The van der Waals surface area contributed by atoms with E-state index in [1.807, 2.05) is 6.07 Å². The van der Waals surface area contributed by atoms with Crippen molar-refractivity contribution in [3.63, 3.8) is 0 Å². The summed E-state index contributed by atoms with van der Waals surface area (Å²) in [6, 6.07) is 6.24. The van der Waals surface area contributed by atoms with Crippen LogP contribution in [-0.4, -0.2) is 5.11 Å². The van der Waals surface area contributed by atoms with Crippen molar-refractivity contribution in [2.24, 2.45) is 0 Å². The van der Waals surface area contributed by atoms with E-state index in [1.54, 1.807) is 0 Å². The van der Waals surface area contributed by atoms with Crippen molar-refractivity contribution < 1.29 is 5.11 Å². The molecule has 0 spiro atoms. The fourth-order valence-corrected chi connectivity index (χ4v) is 1.31. The van der Waals surface area contributed by atoms with Crippen LogP contribution in [-0.2, 0) is 12.8 Å². The van der Waals surface area contributed by atoms with E-state index in [9.17, 15) is 0 Å². The van der Waals surface area contributed by atoms with Gasteiger partial charge in [-0.1, -0.05) is 32.0 Å². The number of hydrogen-bond donors (Lipinski definition) is 1. The Kier molecular flexibility index (Phi) is 3.30. The third-order valence-corrected chi connectivity index (χ3v) is 2.14. The lowest BCUT2D eigenvalue weighted by atomic mass is 10.0. The van der Waals surface area contributed by atoms with Gasteiger partial charge in [0.05, 0.1) is 0 Å². The molecule has 12 heavy (non-hydrogen) atoms. The molecule has 65 valence electrons. The molecule has 1 N–H and O–H groups in total. The standard InChI is InChI=1S/C11H15O/c1-3-9-5-6-10(4-2)11(7-9)8-12/h5-8,12H,3-4H2,1-2H3. The molecule has 0 bridgehead atoms. The minimum Gasteiger partial charge on any atom is -0.385 e. The molecule has 0 unspecified atom stereocenters. The third kappa shape index (κ3) is 1.86. The summed E-state index contributed by atoms with van der Waals surface area (Å²) in [5, 5.41) is 8.94. The second kappa shape index (κ2) is 4.27. The summed E-state index contributed by atoms with van der Waals surface area (Å²) in [5.41, 5.74) is 3.43. The third-order valence-electron chi connectivity index (χ3n) is 2.14. The minimum absolute atomic E-state index is 0.955. The first-order valence-corrected chi connectivity index (χ1v) is 4.41. The lowest BCUT2D eigenvalue weighted by molar-refractivity contribution is 0.413. The van der Waals surface area contributed by atoms with Crippen molar-refractivity contribution in [1.82, 2.24) is 0 Å². The van der Waals surface area contributed by atoms with Gasteiger partial charge < -0.3 is 5.11 Å². The summed E-state index contributed by atoms with van der Waals surface area (Å²) in [5.74, 6) is 0. The second-order valence-corrected chi connectivity index (χ2v) is 2.87. The molecule has 0 fully saturated rings. The summed E-state index contributed by atoms with van der Waals surface area (Å²) in [4.78, 5) is 0. The zero-order valence-corrected chi connectivity index (χ0v) is 7.67. The maximum absolute atomic E-state index is 8.94. The molecule has 1 rings (SSSR count). The van der Waals surface area contributed by atoms with E-state index >= 15 is 0 Å². The SMILES string of the molecule is CCc1ccc(CC)c([CH]O)c1. The molecule has 1 radical (unpaired) electrons. The molecular weight excluding hydrogens is 148 g/mol. The zero-order chi connectivity index (χ0) is 8.97. The van der Waals surface area contributed by atoms with E-state index in [1.165, 1.54) is 17.7 Å². The molecule has 0 amide bonds. The monoisotopic (exact) mass is 163 g/mol. The summed E-state index contributed by atoms with van der Waals surface area (Å²) in [7, 11) is 0. The predicted octanol–water partition coefficient (Wildman–Crippen LogP) is 2.69. The lowest BCUT2D eigenvalue weighted by Gasteiger charge is -2.06. The first-order chi connectivity index (χ1) is 5.81. The lowest BCUT2D eigenvalue weighted by Crippen LogP contribution is -1.92. The van der Waals surface area contributed by atoms with Gasteiger partial charge in [-0.15, -0.1) is 0 Å². The maximum atomic E-state index is 8.94. The molecule has 1 aromatic rings. The van der Waals surface area contributed by atoms with Crippen LogP contribution in [0, 0.1) is 6.61 Å². The van der Waals surface area contributed by atoms with Crippen LogP contribution < -0.4 is 0 Å². The van der Waals surface area contributed by atoms with Gasteiger partial charge in [-0.3, -0.25) is 0 Å². The van der Waals surface area contributed by atoms with Crippen molar-refractivity contribution in [3.05, 3.63) is 41.5 Å². The van der Waals surface area contributed by atoms with Crippen LogP contribution in [0.5, 0.6) is 0 Å². The predicted molar refractivity (Wildman–Crippen MR) is 50.5 cm³/mol. The maximum Gasteiger partial charge on any atom is 0.109 e. The van der Waals surface area contributed by atoms with Crippen LogP contribution in [0.1, 0.15) is 30.5 Å². The van der Waals surface area contributed by atoms with Crippen LogP contribution in [0.2, 0.25) is 0 Å². The van der Waals surface area contributed by atoms with Crippen molar-refractivity contribution >= 4 is 0 Å². The van der Waals surface area contributed by atoms with Crippen LogP contribution in [0.25, 0.3) is 0 Å². The molecule has 1 heteroatoms. The molecule has 0 aliphatic heterocycles. The van der Waals surface area contributed by atoms with Gasteiger partial charge in [0.1, 0.15) is 6.61 Å². The van der Waals surface area contributed by atoms with Crippen LogP contribution in [0.15, 0.2) is 18.2 Å². The molecule has 1 nitrogen and oxygen atoms in total. The van der Waals surface area contributed by atoms with E-state index < -0.39 is 0 Å². The summed E-state index contributed by atoms with van der Waals surface area (Å²) in [6.45, 7) is 5.40. The molecule has 0 saturated heterocycles. The molecular formula is C11H15O. The topological polar surface area (TPSA) is 20.2 Å². The van der Waals surface area contributed by atoms with Gasteiger partial charge in [-0.05, 0) is 29.5 Å². The van der Waals surface area contributed by atoms with Crippen LogP contribution >= 0.6 is 0 Å². The van der Waals surface area contributed by atoms with Gasteiger partial charge in [-0.25, -0.2) is 0 Å². The van der Waals surface area contributed by atoms with E-state index in [-0.39, 0.29) is 0 Å². The van der Waals surface area contributed by atoms with Crippen molar-refractivity contribution in [2.45, 2.75) is 26.7 Å². The normalized spacial score (nSPS) is 10.2.